The number of benzene rings is 2. The molecule has 0 saturated heterocycles. The van der Waals surface area contributed by atoms with E-state index in [-0.39, 0.29) is 11.6 Å². The minimum Gasteiger partial charge on any atom is -0.361 e. The zero-order valence-corrected chi connectivity index (χ0v) is 11.6. The topological polar surface area (TPSA) is 29.1 Å². The molecule has 2 nitrogen and oxygen atoms in total. The highest BCUT2D eigenvalue weighted by atomic mass is 35.5. The fraction of sp³-hybridized carbons (Fsp3) is 0.0625. The van der Waals surface area contributed by atoms with Crippen molar-refractivity contribution in [2.75, 3.05) is 5.32 Å². The molecule has 0 bridgehead atoms. The van der Waals surface area contributed by atoms with Gasteiger partial charge in [-0.2, -0.15) is 0 Å². The molecule has 2 aromatic rings. The first-order valence-electron chi connectivity index (χ1n) is 6.06. The summed E-state index contributed by atoms with van der Waals surface area (Å²) in [5, 5.41) is 3.67. The fourth-order valence-electron chi connectivity index (χ4n) is 1.68. The van der Waals surface area contributed by atoms with E-state index < -0.39 is 0 Å². The molecular weight excluding hydrogens is 277 g/mol. The van der Waals surface area contributed by atoms with E-state index in [9.17, 15) is 9.18 Å². The van der Waals surface area contributed by atoms with Gasteiger partial charge in [-0.25, -0.2) is 4.39 Å². The highest BCUT2D eigenvalue weighted by Crippen LogP contribution is 2.22. The molecule has 0 radical (unpaired) electrons. The lowest BCUT2D eigenvalue weighted by Gasteiger charge is -2.06. The minimum atomic E-state index is -0.363. The standard InChI is InChI=1S/C16H13ClFNO/c1-11-14(17)3-2-4-15(11)19-10-9-16(20)12-5-7-13(18)8-6-12/h2-10,19H,1H3/b10-9+. The van der Waals surface area contributed by atoms with Gasteiger partial charge >= 0.3 is 0 Å². The average molecular weight is 290 g/mol. The molecule has 0 aromatic heterocycles. The third-order valence-corrected chi connectivity index (χ3v) is 3.28. The summed E-state index contributed by atoms with van der Waals surface area (Å²) >= 11 is 6.00. The van der Waals surface area contributed by atoms with E-state index in [1.54, 1.807) is 12.3 Å². The van der Waals surface area contributed by atoms with Gasteiger partial charge in [-0.05, 0) is 48.9 Å². The lowest BCUT2D eigenvalue weighted by Crippen LogP contribution is -1.97. The number of allylic oxidation sites excluding steroid dienone is 1. The Morgan fingerprint density at radius 1 is 1.20 bits per heavy atom. The van der Waals surface area contributed by atoms with Gasteiger partial charge < -0.3 is 5.32 Å². The number of hydrogen-bond donors (Lipinski definition) is 1. The quantitative estimate of drug-likeness (QED) is 0.658. The van der Waals surface area contributed by atoms with Crippen molar-refractivity contribution < 1.29 is 9.18 Å². The Kier molecular flexibility index (Phi) is 4.53. The van der Waals surface area contributed by atoms with Crippen molar-refractivity contribution in [3.05, 3.63) is 76.7 Å². The Morgan fingerprint density at radius 2 is 1.90 bits per heavy atom. The second-order valence-corrected chi connectivity index (χ2v) is 4.67. The van der Waals surface area contributed by atoms with Gasteiger partial charge in [0.1, 0.15) is 5.82 Å². The highest BCUT2D eigenvalue weighted by Gasteiger charge is 2.02. The molecule has 0 amide bonds. The lowest BCUT2D eigenvalue weighted by molar-refractivity contribution is 0.104. The summed E-state index contributed by atoms with van der Waals surface area (Å²) in [5.74, 6) is -0.560. The average Bonchev–Trinajstić information content (AvgIpc) is 2.44. The zero-order valence-electron chi connectivity index (χ0n) is 10.9. The Labute approximate surface area is 121 Å². The lowest BCUT2D eigenvalue weighted by atomic mass is 10.1. The van der Waals surface area contributed by atoms with Crippen LogP contribution in [0.5, 0.6) is 0 Å². The predicted molar refractivity (Wildman–Crippen MR) is 79.7 cm³/mol. The number of rotatable bonds is 4. The van der Waals surface area contributed by atoms with Crippen molar-refractivity contribution in [3.8, 4) is 0 Å². The summed E-state index contributed by atoms with van der Waals surface area (Å²) in [6, 6.07) is 10.9. The maximum atomic E-state index is 12.8. The Morgan fingerprint density at radius 3 is 2.60 bits per heavy atom. The van der Waals surface area contributed by atoms with E-state index in [2.05, 4.69) is 5.32 Å². The van der Waals surface area contributed by atoms with E-state index in [0.29, 0.717) is 10.6 Å². The summed E-state index contributed by atoms with van der Waals surface area (Å²) in [6.07, 6.45) is 2.94. The molecule has 2 aromatic carbocycles. The maximum absolute atomic E-state index is 12.8. The van der Waals surface area contributed by atoms with Crippen molar-refractivity contribution in [1.82, 2.24) is 0 Å². The van der Waals surface area contributed by atoms with Crippen LogP contribution in [0.1, 0.15) is 15.9 Å². The molecule has 0 spiro atoms. The molecule has 0 aliphatic carbocycles. The maximum Gasteiger partial charge on any atom is 0.187 e. The monoisotopic (exact) mass is 289 g/mol. The van der Waals surface area contributed by atoms with Crippen LogP contribution in [0.15, 0.2) is 54.7 Å². The number of hydrogen-bond acceptors (Lipinski definition) is 2. The molecule has 0 aliphatic heterocycles. The van der Waals surface area contributed by atoms with Crippen molar-refractivity contribution >= 4 is 23.1 Å². The molecule has 0 heterocycles. The first-order valence-corrected chi connectivity index (χ1v) is 6.44. The summed E-state index contributed by atoms with van der Waals surface area (Å²) < 4.78 is 12.8. The third-order valence-electron chi connectivity index (χ3n) is 2.87. The van der Waals surface area contributed by atoms with Crippen molar-refractivity contribution in [1.29, 1.82) is 0 Å². The van der Waals surface area contributed by atoms with Gasteiger partial charge in [-0.3, -0.25) is 4.79 Å². The second kappa shape index (κ2) is 6.35. The van der Waals surface area contributed by atoms with Crippen LogP contribution in [0.2, 0.25) is 5.02 Å². The van der Waals surface area contributed by atoms with Crippen molar-refractivity contribution in [3.63, 3.8) is 0 Å². The van der Waals surface area contributed by atoms with Crippen LogP contribution in [-0.4, -0.2) is 5.78 Å². The number of halogens is 2. The van der Waals surface area contributed by atoms with Gasteiger partial charge in [0.25, 0.3) is 0 Å². The molecule has 0 aliphatic rings. The fourth-order valence-corrected chi connectivity index (χ4v) is 1.86. The summed E-state index contributed by atoms with van der Waals surface area (Å²) in [4.78, 5) is 11.8. The SMILES string of the molecule is Cc1c(Cl)cccc1N/C=C/C(=O)c1ccc(F)cc1. The molecule has 0 fully saturated rings. The zero-order chi connectivity index (χ0) is 14.5. The van der Waals surface area contributed by atoms with Gasteiger partial charge in [0.15, 0.2) is 5.78 Å². The molecule has 20 heavy (non-hydrogen) atoms. The van der Waals surface area contributed by atoms with Crippen LogP contribution >= 0.6 is 11.6 Å². The summed E-state index contributed by atoms with van der Waals surface area (Å²) in [5.41, 5.74) is 2.18. The normalized spacial score (nSPS) is 10.8. The molecule has 102 valence electrons. The summed E-state index contributed by atoms with van der Waals surface area (Å²) in [6.45, 7) is 1.89. The van der Waals surface area contributed by atoms with E-state index in [4.69, 9.17) is 11.6 Å². The van der Waals surface area contributed by atoms with Gasteiger partial charge in [0.05, 0.1) is 0 Å². The predicted octanol–water partition coefficient (Wildman–Crippen LogP) is 4.60. The molecule has 2 rings (SSSR count). The van der Waals surface area contributed by atoms with Gasteiger partial charge in [-0.1, -0.05) is 17.7 Å². The Balaban J connectivity index is 2.05. The van der Waals surface area contributed by atoms with E-state index in [1.165, 1.54) is 30.3 Å². The van der Waals surface area contributed by atoms with E-state index >= 15 is 0 Å². The van der Waals surface area contributed by atoms with Crippen LogP contribution < -0.4 is 5.32 Å². The molecule has 0 atom stereocenters. The number of ketones is 1. The van der Waals surface area contributed by atoms with Gasteiger partial charge in [-0.15, -0.1) is 0 Å². The number of nitrogens with one attached hydrogen (secondary N) is 1. The van der Waals surface area contributed by atoms with Gasteiger partial charge in [0.2, 0.25) is 0 Å². The van der Waals surface area contributed by atoms with E-state index in [1.807, 2.05) is 19.1 Å². The highest BCUT2D eigenvalue weighted by molar-refractivity contribution is 6.31. The van der Waals surface area contributed by atoms with Crippen LogP contribution in [0.4, 0.5) is 10.1 Å². The van der Waals surface area contributed by atoms with Crippen molar-refractivity contribution in [2.24, 2.45) is 0 Å². The Bertz CT molecular complexity index is 650. The van der Waals surface area contributed by atoms with Gasteiger partial charge in [0, 0.05) is 28.5 Å². The van der Waals surface area contributed by atoms with Crippen molar-refractivity contribution in [2.45, 2.75) is 6.92 Å². The smallest absolute Gasteiger partial charge is 0.187 e. The Hall–Kier alpha value is -2.13. The first-order chi connectivity index (χ1) is 9.58. The van der Waals surface area contributed by atoms with Crippen LogP contribution in [0, 0.1) is 12.7 Å². The van der Waals surface area contributed by atoms with Crippen LogP contribution in [0.25, 0.3) is 0 Å². The minimum absolute atomic E-state index is 0.197. The summed E-state index contributed by atoms with van der Waals surface area (Å²) in [7, 11) is 0. The molecular formula is C16H13ClFNO. The third kappa shape index (κ3) is 3.45. The number of carbonyl (C=O) groups is 1. The number of anilines is 1. The largest absolute Gasteiger partial charge is 0.361 e. The van der Waals surface area contributed by atoms with Crippen LogP contribution in [0.3, 0.4) is 0 Å². The molecule has 1 N–H and O–H groups in total. The second-order valence-electron chi connectivity index (χ2n) is 4.26. The molecule has 4 heteroatoms. The van der Waals surface area contributed by atoms with Crippen LogP contribution in [-0.2, 0) is 0 Å². The van der Waals surface area contributed by atoms with E-state index in [0.717, 1.165) is 11.3 Å². The molecule has 0 saturated carbocycles. The first kappa shape index (κ1) is 14.3. The molecule has 0 unspecified atom stereocenters. The number of carbonyl (C=O) groups excluding carboxylic acids is 1.